The topological polar surface area (TPSA) is 50.8 Å². The Labute approximate surface area is 118 Å². The SMILES string of the molecule is CN(C(=O)c1ccc2c(c1)OCCO2)C1CCNCC1. The average Bonchev–Trinajstić information content (AvgIpc) is 2.54. The summed E-state index contributed by atoms with van der Waals surface area (Å²) in [6.45, 7) is 3.05. The van der Waals surface area contributed by atoms with E-state index >= 15 is 0 Å². The van der Waals surface area contributed by atoms with Crippen molar-refractivity contribution >= 4 is 5.91 Å². The number of piperidine rings is 1. The summed E-state index contributed by atoms with van der Waals surface area (Å²) in [4.78, 5) is 14.4. The second-order valence-corrected chi connectivity index (χ2v) is 5.26. The molecule has 1 fully saturated rings. The van der Waals surface area contributed by atoms with E-state index in [1.165, 1.54) is 0 Å². The summed E-state index contributed by atoms with van der Waals surface area (Å²) in [7, 11) is 1.88. The zero-order valence-corrected chi connectivity index (χ0v) is 11.7. The van der Waals surface area contributed by atoms with Crippen molar-refractivity contribution in [1.82, 2.24) is 10.2 Å². The van der Waals surface area contributed by atoms with E-state index in [-0.39, 0.29) is 5.91 Å². The second kappa shape index (κ2) is 5.71. The third-order valence-electron chi connectivity index (χ3n) is 3.97. The molecule has 0 saturated carbocycles. The molecular formula is C15H20N2O3. The van der Waals surface area contributed by atoms with Crippen molar-refractivity contribution < 1.29 is 14.3 Å². The average molecular weight is 276 g/mol. The van der Waals surface area contributed by atoms with Crippen LogP contribution in [0.5, 0.6) is 11.5 Å². The second-order valence-electron chi connectivity index (χ2n) is 5.26. The number of fused-ring (bicyclic) bond motifs is 1. The highest BCUT2D eigenvalue weighted by Crippen LogP contribution is 2.31. The highest BCUT2D eigenvalue weighted by atomic mass is 16.6. The number of rotatable bonds is 2. The van der Waals surface area contributed by atoms with Crippen molar-refractivity contribution in [2.75, 3.05) is 33.4 Å². The smallest absolute Gasteiger partial charge is 0.253 e. The van der Waals surface area contributed by atoms with E-state index in [0.29, 0.717) is 30.6 Å². The van der Waals surface area contributed by atoms with Gasteiger partial charge in [0.2, 0.25) is 0 Å². The van der Waals surface area contributed by atoms with Gasteiger partial charge in [-0.1, -0.05) is 0 Å². The molecule has 2 aliphatic rings. The predicted molar refractivity (Wildman–Crippen MR) is 75.4 cm³/mol. The lowest BCUT2D eigenvalue weighted by molar-refractivity contribution is 0.0702. The quantitative estimate of drug-likeness (QED) is 0.884. The normalized spacial score (nSPS) is 18.6. The maximum atomic E-state index is 12.5. The number of carbonyl (C=O) groups is 1. The number of carbonyl (C=O) groups excluding carboxylic acids is 1. The molecule has 1 aromatic rings. The fraction of sp³-hybridized carbons (Fsp3) is 0.533. The molecule has 0 bridgehead atoms. The molecule has 0 spiro atoms. The fourth-order valence-corrected chi connectivity index (χ4v) is 2.74. The molecule has 0 atom stereocenters. The van der Waals surface area contributed by atoms with E-state index in [1.807, 2.05) is 24.1 Å². The van der Waals surface area contributed by atoms with Gasteiger partial charge in [-0.3, -0.25) is 4.79 Å². The van der Waals surface area contributed by atoms with Crippen molar-refractivity contribution in [3.63, 3.8) is 0 Å². The molecule has 2 heterocycles. The first-order valence-corrected chi connectivity index (χ1v) is 7.13. The number of hydrogen-bond acceptors (Lipinski definition) is 4. The molecule has 0 unspecified atom stereocenters. The summed E-state index contributed by atoms with van der Waals surface area (Å²) < 4.78 is 11.0. The molecule has 1 N–H and O–H groups in total. The Bertz CT molecular complexity index is 498. The van der Waals surface area contributed by atoms with Crippen LogP contribution in [0.2, 0.25) is 0 Å². The first-order valence-electron chi connectivity index (χ1n) is 7.13. The Morgan fingerprint density at radius 1 is 1.20 bits per heavy atom. The van der Waals surface area contributed by atoms with Gasteiger partial charge in [0.05, 0.1) is 0 Å². The Kier molecular flexibility index (Phi) is 3.78. The minimum absolute atomic E-state index is 0.0499. The summed E-state index contributed by atoms with van der Waals surface area (Å²) in [5.41, 5.74) is 0.662. The van der Waals surface area contributed by atoms with Gasteiger partial charge in [0.15, 0.2) is 11.5 Å². The van der Waals surface area contributed by atoms with Crippen LogP contribution in [0.25, 0.3) is 0 Å². The fourth-order valence-electron chi connectivity index (χ4n) is 2.74. The summed E-state index contributed by atoms with van der Waals surface area (Å²) >= 11 is 0. The monoisotopic (exact) mass is 276 g/mol. The van der Waals surface area contributed by atoms with Crippen LogP contribution in [0, 0.1) is 0 Å². The van der Waals surface area contributed by atoms with E-state index in [4.69, 9.17) is 9.47 Å². The summed E-state index contributed by atoms with van der Waals surface area (Å²) in [5, 5.41) is 3.31. The molecule has 0 aromatic heterocycles. The molecule has 0 radical (unpaired) electrons. The molecular weight excluding hydrogens is 256 g/mol. The van der Waals surface area contributed by atoms with Crippen LogP contribution < -0.4 is 14.8 Å². The molecule has 0 aliphatic carbocycles. The molecule has 2 aliphatic heterocycles. The van der Waals surface area contributed by atoms with Gasteiger partial charge in [-0.25, -0.2) is 0 Å². The number of hydrogen-bond donors (Lipinski definition) is 1. The van der Waals surface area contributed by atoms with Gasteiger partial charge in [0, 0.05) is 18.7 Å². The molecule has 3 rings (SSSR count). The summed E-state index contributed by atoms with van der Waals surface area (Å²) in [6, 6.07) is 5.73. The highest BCUT2D eigenvalue weighted by molar-refractivity contribution is 5.95. The van der Waals surface area contributed by atoms with Gasteiger partial charge >= 0.3 is 0 Å². The Morgan fingerprint density at radius 2 is 1.90 bits per heavy atom. The summed E-state index contributed by atoms with van der Waals surface area (Å²) in [5.74, 6) is 1.44. The molecule has 5 nitrogen and oxygen atoms in total. The lowest BCUT2D eigenvalue weighted by Gasteiger charge is -2.32. The minimum Gasteiger partial charge on any atom is -0.486 e. The third kappa shape index (κ3) is 2.58. The highest BCUT2D eigenvalue weighted by Gasteiger charge is 2.24. The van der Waals surface area contributed by atoms with Crippen LogP contribution in [0.1, 0.15) is 23.2 Å². The zero-order valence-electron chi connectivity index (χ0n) is 11.7. The molecule has 1 saturated heterocycles. The third-order valence-corrected chi connectivity index (χ3v) is 3.97. The standard InChI is InChI=1S/C15H20N2O3/c1-17(12-4-6-16-7-5-12)15(18)11-2-3-13-14(10-11)20-9-8-19-13/h2-3,10,12,16H,4-9H2,1H3. The number of amides is 1. The Hall–Kier alpha value is -1.75. The van der Waals surface area contributed by atoms with Gasteiger partial charge in [-0.15, -0.1) is 0 Å². The van der Waals surface area contributed by atoms with Crippen LogP contribution in [0.3, 0.4) is 0 Å². The van der Waals surface area contributed by atoms with Gasteiger partial charge < -0.3 is 19.7 Å². The molecule has 5 heteroatoms. The largest absolute Gasteiger partial charge is 0.486 e. The van der Waals surface area contributed by atoms with Gasteiger partial charge in [-0.05, 0) is 44.1 Å². The van der Waals surface area contributed by atoms with Crippen molar-refractivity contribution in [2.24, 2.45) is 0 Å². The van der Waals surface area contributed by atoms with Crippen molar-refractivity contribution in [3.8, 4) is 11.5 Å². The van der Waals surface area contributed by atoms with Crippen LogP contribution in [-0.2, 0) is 0 Å². The molecule has 1 amide bonds. The van der Waals surface area contributed by atoms with Crippen LogP contribution >= 0.6 is 0 Å². The molecule has 108 valence electrons. The van der Waals surface area contributed by atoms with Crippen molar-refractivity contribution in [1.29, 1.82) is 0 Å². The van der Waals surface area contributed by atoms with Gasteiger partial charge in [-0.2, -0.15) is 0 Å². The lowest BCUT2D eigenvalue weighted by atomic mass is 10.0. The number of nitrogens with one attached hydrogen (secondary N) is 1. The molecule has 20 heavy (non-hydrogen) atoms. The number of ether oxygens (including phenoxy) is 2. The predicted octanol–water partition coefficient (Wildman–Crippen LogP) is 1.28. The van der Waals surface area contributed by atoms with E-state index in [9.17, 15) is 4.79 Å². The van der Waals surface area contributed by atoms with Gasteiger partial charge in [0.25, 0.3) is 5.91 Å². The molecule has 1 aromatic carbocycles. The minimum atomic E-state index is 0.0499. The summed E-state index contributed by atoms with van der Waals surface area (Å²) in [6.07, 6.45) is 2.01. The van der Waals surface area contributed by atoms with Crippen LogP contribution in [0.4, 0.5) is 0 Å². The van der Waals surface area contributed by atoms with E-state index in [2.05, 4.69) is 5.32 Å². The van der Waals surface area contributed by atoms with Crippen LogP contribution in [-0.4, -0.2) is 50.2 Å². The van der Waals surface area contributed by atoms with E-state index in [1.54, 1.807) is 6.07 Å². The van der Waals surface area contributed by atoms with Crippen molar-refractivity contribution in [2.45, 2.75) is 18.9 Å². The van der Waals surface area contributed by atoms with E-state index in [0.717, 1.165) is 31.7 Å². The van der Waals surface area contributed by atoms with Gasteiger partial charge in [0.1, 0.15) is 13.2 Å². The van der Waals surface area contributed by atoms with Crippen molar-refractivity contribution in [3.05, 3.63) is 23.8 Å². The first kappa shape index (κ1) is 13.2. The Balaban J connectivity index is 1.75. The maximum Gasteiger partial charge on any atom is 0.253 e. The van der Waals surface area contributed by atoms with Crippen LogP contribution in [0.15, 0.2) is 18.2 Å². The first-order chi connectivity index (χ1) is 9.75. The number of benzene rings is 1. The zero-order chi connectivity index (χ0) is 13.9. The van der Waals surface area contributed by atoms with E-state index < -0.39 is 0 Å². The maximum absolute atomic E-state index is 12.5. The Morgan fingerprint density at radius 3 is 2.65 bits per heavy atom. The lowest BCUT2D eigenvalue weighted by Crippen LogP contribution is -2.43. The number of nitrogens with zero attached hydrogens (tertiary/aromatic N) is 1.